The quantitative estimate of drug-likeness (QED) is 0.473. The van der Waals surface area contributed by atoms with Gasteiger partial charge in [0.25, 0.3) is 5.69 Å². The second kappa shape index (κ2) is 6.00. The summed E-state index contributed by atoms with van der Waals surface area (Å²) in [5, 5.41) is 10.9. The molecule has 0 bridgehead atoms. The molecule has 0 fully saturated rings. The van der Waals surface area contributed by atoms with Crippen LogP contribution in [-0.4, -0.2) is 15.3 Å². The third-order valence-corrected chi connectivity index (χ3v) is 3.92. The molecule has 0 saturated carbocycles. The number of carbonyl (C=O) groups excluding carboxylic acids is 1. The number of benzene rings is 1. The molecule has 20 heavy (non-hydrogen) atoms. The van der Waals surface area contributed by atoms with Crippen molar-refractivity contribution in [3.63, 3.8) is 0 Å². The lowest BCUT2D eigenvalue weighted by molar-refractivity contribution is -0.385. The van der Waals surface area contributed by atoms with Gasteiger partial charge in [-0.25, -0.2) is 0 Å². The van der Waals surface area contributed by atoms with Crippen molar-refractivity contribution in [1.29, 1.82) is 0 Å². The van der Waals surface area contributed by atoms with Crippen molar-refractivity contribution in [3.05, 3.63) is 62.4 Å². The number of rotatable bonds is 5. The van der Waals surface area contributed by atoms with Gasteiger partial charge in [-0.2, -0.15) is 0 Å². The smallest absolute Gasteiger partial charge is 0.283 e. The van der Waals surface area contributed by atoms with Gasteiger partial charge in [-0.05, 0) is 27.6 Å². The van der Waals surface area contributed by atoms with Gasteiger partial charge in [-0.3, -0.25) is 14.9 Å². The summed E-state index contributed by atoms with van der Waals surface area (Å²) in [6, 6.07) is 6.69. The van der Waals surface area contributed by atoms with Crippen molar-refractivity contribution in [2.45, 2.75) is 19.9 Å². The Labute approximate surface area is 124 Å². The van der Waals surface area contributed by atoms with Gasteiger partial charge in [0.2, 0.25) is 0 Å². The third kappa shape index (κ3) is 2.96. The van der Waals surface area contributed by atoms with Crippen LogP contribution in [0.15, 0.2) is 41.1 Å². The van der Waals surface area contributed by atoms with E-state index in [1.165, 1.54) is 6.07 Å². The molecule has 0 atom stereocenters. The van der Waals surface area contributed by atoms with Crippen LogP contribution in [0.25, 0.3) is 0 Å². The lowest BCUT2D eigenvalue weighted by Gasteiger charge is -2.06. The van der Waals surface area contributed by atoms with E-state index in [0.717, 1.165) is 5.56 Å². The first-order valence-electron chi connectivity index (χ1n) is 6.13. The summed E-state index contributed by atoms with van der Waals surface area (Å²) in [6.45, 7) is 2.29. The van der Waals surface area contributed by atoms with Crippen LogP contribution >= 0.6 is 15.9 Å². The van der Waals surface area contributed by atoms with Crippen LogP contribution in [0, 0.1) is 10.1 Å². The molecule has 1 heterocycles. The van der Waals surface area contributed by atoms with Gasteiger partial charge in [0, 0.05) is 37.0 Å². The van der Waals surface area contributed by atoms with Gasteiger partial charge in [0.15, 0.2) is 5.78 Å². The van der Waals surface area contributed by atoms with Crippen molar-refractivity contribution in [2.24, 2.45) is 0 Å². The molecular weight excluding hydrogens is 324 g/mol. The molecule has 2 rings (SSSR count). The van der Waals surface area contributed by atoms with Gasteiger partial charge < -0.3 is 4.57 Å². The maximum Gasteiger partial charge on any atom is 0.283 e. The predicted octanol–water partition coefficient (Wildman–Crippen LogP) is 3.80. The van der Waals surface area contributed by atoms with Crippen molar-refractivity contribution in [3.8, 4) is 0 Å². The standard InChI is InChI=1S/C14H13BrN2O3/c1-2-13(18)10-6-7-16(8-10)9-11-4-3-5-12(14(11)15)17(19)20/h3-8H,2,9H2,1H3. The zero-order valence-corrected chi connectivity index (χ0v) is 12.5. The van der Waals surface area contributed by atoms with Crippen LogP contribution in [0.4, 0.5) is 5.69 Å². The average Bonchev–Trinajstić information content (AvgIpc) is 2.88. The predicted molar refractivity (Wildman–Crippen MR) is 79.0 cm³/mol. The number of ketones is 1. The number of carbonyl (C=O) groups is 1. The van der Waals surface area contributed by atoms with E-state index in [2.05, 4.69) is 15.9 Å². The molecule has 0 N–H and O–H groups in total. The highest BCUT2D eigenvalue weighted by Gasteiger charge is 2.15. The molecule has 0 amide bonds. The van der Waals surface area contributed by atoms with Crippen LogP contribution in [0.2, 0.25) is 0 Å². The minimum Gasteiger partial charge on any atom is -0.349 e. The van der Waals surface area contributed by atoms with Crippen LogP contribution in [-0.2, 0) is 6.54 Å². The van der Waals surface area contributed by atoms with Gasteiger partial charge >= 0.3 is 0 Å². The zero-order valence-electron chi connectivity index (χ0n) is 10.9. The van der Waals surface area contributed by atoms with E-state index in [1.807, 2.05) is 17.6 Å². The highest BCUT2D eigenvalue weighted by Crippen LogP contribution is 2.28. The van der Waals surface area contributed by atoms with Crippen molar-refractivity contribution < 1.29 is 9.72 Å². The first-order chi connectivity index (χ1) is 9.52. The normalized spacial score (nSPS) is 10.5. The molecule has 1 aromatic carbocycles. The fraction of sp³-hybridized carbons (Fsp3) is 0.214. The van der Waals surface area contributed by atoms with E-state index in [-0.39, 0.29) is 11.5 Å². The monoisotopic (exact) mass is 336 g/mol. The molecule has 0 radical (unpaired) electrons. The van der Waals surface area contributed by atoms with Crippen LogP contribution < -0.4 is 0 Å². The number of hydrogen-bond acceptors (Lipinski definition) is 3. The van der Waals surface area contributed by atoms with E-state index in [9.17, 15) is 14.9 Å². The Hall–Kier alpha value is -1.95. The van der Waals surface area contributed by atoms with Gasteiger partial charge in [-0.1, -0.05) is 19.1 Å². The van der Waals surface area contributed by atoms with Gasteiger partial charge in [-0.15, -0.1) is 0 Å². The molecule has 0 spiro atoms. The van der Waals surface area contributed by atoms with Crippen molar-refractivity contribution in [1.82, 2.24) is 4.57 Å². The van der Waals surface area contributed by atoms with Crippen LogP contribution in [0.3, 0.4) is 0 Å². The topological polar surface area (TPSA) is 65.1 Å². The molecule has 6 heteroatoms. The number of nitrogens with zero attached hydrogens (tertiary/aromatic N) is 2. The summed E-state index contributed by atoms with van der Waals surface area (Å²) < 4.78 is 2.31. The number of nitro benzene ring substituents is 1. The Kier molecular flexibility index (Phi) is 4.34. The van der Waals surface area contributed by atoms with E-state index >= 15 is 0 Å². The summed E-state index contributed by atoms with van der Waals surface area (Å²) >= 11 is 3.27. The van der Waals surface area contributed by atoms with Crippen molar-refractivity contribution >= 4 is 27.4 Å². The average molecular weight is 337 g/mol. The molecule has 0 aliphatic carbocycles. The Morgan fingerprint density at radius 1 is 1.40 bits per heavy atom. The van der Waals surface area contributed by atoms with Crippen LogP contribution in [0.1, 0.15) is 29.3 Å². The lowest BCUT2D eigenvalue weighted by Crippen LogP contribution is -2.00. The molecule has 0 saturated heterocycles. The molecule has 1 aromatic heterocycles. The van der Waals surface area contributed by atoms with E-state index < -0.39 is 4.92 Å². The third-order valence-electron chi connectivity index (χ3n) is 3.00. The Bertz CT molecular complexity index is 664. The number of nitro groups is 1. The molecule has 0 unspecified atom stereocenters. The number of aromatic nitrogens is 1. The minimum absolute atomic E-state index is 0.0412. The largest absolute Gasteiger partial charge is 0.349 e. The first kappa shape index (κ1) is 14.5. The SMILES string of the molecule is CCC(=O)c1ccn(Cc2cccc([N+](=O)[O-])c2Br)c1. The second-order valence-corrected chi connectivity index (χ2v) is 5.15. The van der Waals surface area contributed by atoms with E-state index in [1.54, 1.807) is 24.5 Å². The molecule has 2 aromatic rings. The highest BCUT2D eigenvalue weighted by molar-refractivity contribution is 9.10. The van der Waals surface area contributed by atoms with E-state index in [4.69, 9.17) is 0 Å². The van der Waals surface area contributed by atoms with Crippen molar-refractivity contribution in [2.75, 3.05) is 0 Å². The Morgan fingerprint density at radius 3 is 2.80 bits per heavy atom. The maximum absolute atomic E-state index is 11.6. The van der Waals surface area contributed by atoms with Gasteiger partial charge in [0.1, 0.15) is 4.47 Å². The zero-order chi connectivity index (χ0) is 14.7. The minimum atomic E-state index is -0.421. The fourth-order valence-corrected chi connectivity index (χ4v) is 2.47. The maximum atomic E-state index is 11.6. The summed E-state index contributed by atoms with van der Waals surface area (Å²) in [7, 11) is 0. The molecule has 104 valence electrons. The highest BCUT2D eigenvalue weighted by atomic mass is 79.9. The lowest BCUT2D eigenvalue weighted by atomic mass is 10.2. The summed E-state index contributed by atoms with van der Waals surface area (Å²) in [6.07, 6.45) is 4.02. The summed E-state index contributed by atoms with van der Waals surface area (Å²) in [5.41, 5.74) is 1.50. The molecule has 0 aliphatic heterocycles. The summed E-state index contributed by atoms with van der Waals surface area (Å²) in [4.78, 5) is 22.0. The second-order valence-electron chi connectivity index (χ2n) is 4.36. The number of Topliss-reactive ketones (excluding diaryl/α,β-unsaturated/α-hetero) is 1. The van der Waals surface area contributed by atoms with E-state index in [0.29, 0.717) is 23.0 Å². The van der Waals surface area contributed by atoms with Crippen LogP contribution in [0.5, 0.6) is 0 Å². The summed E-state index contributed by atoms with van der Waals surface area (Å²) in [5.74, 6) is 0.0851. The number of halogens is 1. The first-order valence-corrected chi connectivity index (χ1v) is 6.93. The molecule has 0 aliphatic rings. The molecule has 5 nitrogen and oxygen atoms in total. The fourth-order valence-electron chi connectivity index (χ4n) is 1.93. The van der Waals surface area contributed by atoms with Gasteiger partial charge in [0.05, 0.1) is 4.92 Å². The number of hydrogen-bond donors (Lipinski definition) is 0. The molecular formula is C14H13BrN2O3. The Morgan fingerprint density at radius 2 is 2.15 bits per heavy atom. The Balaban J connectivity index is 2.26.